The maximum Gasteiger partial charge on any atom is 0.249 e. The van der Waals surface area contributed by atoms with Crippen LogP contribution in [0.5, 0.6) is 0 Å². The van der Waals surface area contributed by atoms with Crippen LogP contribution in [0.1, 0.15) is 17.2 Å². The molecule has 1 unspecified atom stereocenters. The van der Waals surface area contributed by atoms with Crippen molar-refractivity contribution in [2.45, 2.75) is 19.5 Å². The molecule has 1 heterocycles. The van der Waals surface area contributed by atoms with Crippen molar-refractivity contribution in [2.75, 3.05) is 25.2 Å². The molecule has 1 aromatic heterocycles. The molecule has 1 atom stereocenters. The van der Waals surface area contributed by atoms with Crippen LogP contribution < -0.4 is 10.2 Å². The molecular formula is C26H26ClN5O3. The van der Waals surface area contributed by atoms with Crippen molar-refractivity contribution in [1.82, 2.24) is 20.3 Å². The summed E-state index contributed by atoms with van der Waals surface area (Å²) in [6.45, 7) is 2.50. The van der Waals surface area contributed by atoms with E-state index in [1.54, 1.807) is 36.1 Å². The summed E-state index contributed by atoms with van der Waals surface area (Å²) in [5, 5.41) is 11.7. The van der Waals surface area contributed by atoms with E-state index in [4.69, 9.17) is 16.3 Å². The number of aryl methyl sites for hydroxylation is 1. The second kappa shape index (κ2) is 11.1. The second-order valence-corrected chi connectivity index (χ2v) is 8.51. The number of anilines is 1. The monoisotopic (exact) mass is 491 g/mol. The predicted molar refractivity (Wildman–Crippen MR) is 135 cm³/mol. The van der Waals surface area contributed by atoms with Gasteiger partial charge in [0.05, 0.1) is 12.1 Å². The SMILES string of the molecule is COCCNC(=O)C(c1ccc(Cl)cc1)N(C(=O)Cn1nnc2ccccc21)c1cccc(C)c1. The highest BCUT2D eigenvalue weighted by molar-refractivity contribution is 6.30. The van der Waals surface area contributed by atoms with Crippen LogP contribution in [-0.4, -0.2) is 47.1 Å². The summed E-state index contributed by atoms with van der Waals surface area (Å²) in [4.78, 5) is 28.9. The minimum absolute atomic E-state index is 0.0934. The lowest BCUT2D eigenvalue weighted by Gasteiger charge is -2.32. The summed E-state index contributed by atoms with van der Waals surface area (Å²) in [6.07, 6.45) is 0. The number of nitrogens with zero attached hydrogens (tertiary/aromatic N) is 4. The number of nitrogens with one attached hydrogen (secondary N) is 1. The number of rotatable bonds is 9. The van der Waals surface area contributed by atoms with Crippen LogP contribution in [0, 0.1) is 6.92 Å². The predicted octanol–water partition coefficient (Wildman–Crippen LogP) is 3.93. The Labute approximate surface area is 208 Å². The number of hydrogen-bond acceptors (Lipinski definition) is 5. The van der Waals surface area contributed by atoms with Crippen LogP contribution in [0.3, 0.4) is 0 Å². The van der Waals surface area contributed by atoms with Gasteiger partial charge in [0.15, 0.2) is 0 Å². The number of amides is 2. The Hall–Kier alpha value is -3.75. The third-order valence-electron chi connectivity index (χ3n) is 5.55. The van der Waals surface area contributed by atoms with Gasteiger partial charge < -0.3 is 10.1 Å². The van der Waals surface area contributed by atoms with Crippen molar-refractivity contribution >= 4 is 40.1 Å². The third-order valence-corrected chi connectivity index (χ3v) is 5.80. The lowest BCUT2D eigenvalue weighted by molar-refractivity contribution is -0.127. The summed E-state index contributed by atoms with van der Waals surface area (Å²) in [6, 6.07) is 20.9. The van der Waals surface area contributed by atoms with E-state index in [-0.39, 0.29) is 18.4 Å². The van der Waals surface area contributed by atoms with E-state index in [0.29, 0.717) is 34.9 Å². The van der Waals surface area contributed by atoms with Crippen LogP contribution in [0.4, 0.5) is 5.69 Å². The maximum atomic E-state index is 13.9. The fourth-order valence-corrected chi connectivity index (χ4v) is 4.02. The van der Waals surface area contributed by atoms with Gasteiger partial charge in [-0.25, -0.2) is 4.68 Å². The normalized spacial score (nSPS) is 11.9. The number of hydrogen-bond donors (Lipinski definition) is 1. The van der Waals surface area contributed by atoms with Gasteiger partial charge in [-0.05, 0) is 54.4 Å². The van der Waals surface area contributed by atoms with E-state index in [2.05, 4.69) is 15.6 Å². The average molecular weight is 492 g/mol. The number of para-hydroxylation sites is 1. The van der Waals surface area contributed by atoms with E-state index in [1.807, 2.05) is 55.5 Å². The molecule has 8 nitrogen and oxygen atoms in total. The van der Waals surface area contributed by atoms with Gasteiger partial charge in [-0.1, -0.05) is 53.2 Å². The van der Waals surface area contributed by atoms with Crippen LogP contribution in [0.25, 0.3) is 11.0 Å². The number of halogens is 1. The highest BCUT2D eigenvalue weighted by atomic mass is 35.5. The average Bonchev–Trinajstić information content (AvgIpc) is 3.26. The molecule has 0 radical (unpaired) electrons. The van der Waals surface area contributed by atoms with Crippen molar-refractivity contribution in [3.05, 3.63) is 88.9 Å². The molecule has 3 aromatic carbocycles. The Morgan fingerprint density at radius 3 is 2.60 bits per heavy atom. The summed E-state index contributed by atoms with van der Waals surface area (Å²) in [7, 11) is 1.56. The lowest BCUT2D eigenvalue weighted by atomic mass is 10.0. The fraction of sp³-hybridized carbons (Fsp3) is 0.231. The van der Waals surface area contributed by atoms with Crippen molar-refractivity contribution in [3.63, 3.8) is 0 Å². The van der Waals surface area contributed by atoms with Gasteiger partial charge in [-0.3, -0.25) is 14.5 Å². The first kappa shape index (κ1) is 24.4. The van der Waals surface area contributed by atoms with Crippen LogP contribution in [0.2, 0.25) is 5.02 Å². The minimum atomic E-state index is -0.937. The van der Waals surface area contributed by atoms with E-state index in [9.17, 15) is 9.59 Å². The quantitative estimate of drug-likeness (QED) is 0.358. The van der Waals surface area contributed by atoms with E-state index in [0.717, 1.165) is 11.1 Å². The molecular weight excluding hydrogens is 466 g/mol. The molecule has 9 heteroatoms. The smallest absolute Gasteiger partial charge is 0.249 e. The van der Waals surface area contributed by atoms with Crippen molar-refractivity contribution in [1.29, 1.82) is 0 Å². The van der Waals surface area contributed by atoms with Gasteiger partial charge in [0.25, 0.3) is 0 Å². The zero-order chi connectivity index (χ0) is 24.8. The number of ether oxygens (including phenoxy) is 1. The number of methoxy groups -OCH3 is 1. The Kier molecular flexibility index (Phi) is 7.74. The van der Waals surface area contributed by atoms with Gasteiger partial charge in [0.1, 0.15) is 18.1 Å². The van der Waals surface area contributed by atoms with Gasteiger partial charge in [-0.2, -0.15) is 0 Å². The summed E-state index contributed by atoms with van der Waals surface area (Å²) >= 11 is 6.11. The van der Waals surface area contributed by atoms with Gasteiger partial charge in [0.2, 0.25) is 11.8 Å². The van der Waals surface area contributed by atoms with Gasteiger partial charge >= 0.3 is 0 Å². The molecule has 0 bridgehead atoms. The van der Waals surface area contributed by atoms with Gasteiger partial charge in [0, 0.05) is 24.4 Å². The molecule has 2 amide bonds. The maximum absolute atomic E-state index is 13.9. The standard InChI is InChI=1S/C26H26ClN5O3/c1-18-6-5-7-21(16-18)32(24(33)17-31-23-9-4-3-8-22(23)29-30-31)25(26(34)28-14-15-35-2)19-10-12-20(27)13-11-19/h3-13,16,25H,14-15,17H2,1-2H3,(H,28,34). The topological polar surface area (TPSA) is 89.4 Å². The van der Waals surface area contributed by atoms with Crippen LogP contribution >= 0.6 is 11.6 Å². The summed E-state index contributed by atoms with van der Waals surface area (Å²) in [5.41, 5.74) is 3.61. The minimum Gasteiger partial charge on any atom is -0.383 e. The van der Waals surface area contributed by atoms with Crippen molar-refractivity contribution in [3.8, 4) is 0 Å². The summed E-state index contributed by atoms with van der Waals surface area (Å²) < 4.78 is 6.63. The van der Waals surface area contributed by atoms with E-state index >= 15 is 0 Å². The molecule has 4 rings (SSSR count). The molecule has 35 heavy (non-hydrogen) atoms. The highest BCUT2D eigenvalue weighted by Gasteiger charge is 2.33. The fourth-order valence-electron chi connectivity index (χ4n) is 3.89. The van der Waals surface area contributed by atoms with Crippen molar-refractivity contribution in [2.24, 2.45) is 0 Å². The Morgan fingerprint density at radius 1 is 1.09 bits per heavy atom. The zero-order valence-corrected chi connectivity index (χ0v) is 20.3. The molecule has 0 fully saturated rings. The first-order valence-electron chi connectivity index (χ1n) is 11.2. The molecule has 0 aliphatic rings. The Bertz CT molecular complexity index is 1320. The number of aromatic nitrogens is 3. The molecule has 0 saturated carbocycles. The van der Waals surface area contributed by atoms with E-state index in [1.165, 1.54) is 4.90 Å². The number of benzene rings is 3. The summed E-state index contributed by atoms with van der Waals surface area (Å²) in [5.74, 6) is -0.643. The highest BCUT2D eigenvalue weighted by Crippen LogP contribution is 2.30. The number of carbonyl (C=O) groups is 2. The molecule has 1 N–H and O–H groups in total. The third kappa shape index (κ3) is 5.67. The van der Waals surface area contributed by atoms with Gasteiger partial charge in [-0.15, -0.1) is 5.10 Å². The number of carbonyl (C=O) groups excluding carboxylic acids is 2. The van der Waals surface area contributed by atoms with Crippen LogP contribution in [-0.2, 0) is 20.9 Å². The van der Waals surface area contributed by atoms with Crippen molar-refractivity contribution < 1.29 is 14.3 Å². The first-order valence-corrected chi connectivity index (χ1v) is 11.5. The largest absolute Gasteiger partial charge is 0.383 e. The van der Waals surface area contributed by atoms with E-state index < -0.39 is 6.04 Å². The molecule has 0 aliphatic carbocycles. The van der Waals surface area contributed by atoms with Crippen LogP contribution in [0.15, 0.2) is 72.8 Å². The molecule has 4 aromatic rings. The molecule has 0 spiro atoms. The first-order chi connectivity index (χ1) is 17.0. The Morgan fingerprint density at radius 2 is 1.86 bits per heavy atom. The molecule has 180 valence electrons. The zero-order valence-electron chi connectivity index (χ0n) is 19.5. The second-order valence-electron chi connectivity index (χ2n) is 8.08. The lowest BCUT2D eigenvalue weighted by Crippen LogP contribution is -2.46. The number of fused-ring (bicyclic) bond motifs is 1. The Balaban J connectivity index is 1.77. The molecule has 0 aliphatic heterocycles. The molecule has 0 saturated heterocycles.